The van der Waals surface area contributed by atoms with Crippen molar-refractivity contribution in [2.75, 3.05) is 6.61 Å². The zero-order valence-electron chi connectivity index (χ0n) is 15.0. The summed E-state index contributed by atoms with van der Waals surface area (Å²) < 4.78 is 13.5. The van der Waals surface area contributed by atoms with Gasteiger partial charge in [0.2, 0.25) is 0 Å². The third kappa shape index (κ3) is 3.74. The summed E-state index contributed by atoms with van der Waals surface area (Å²) >= 11 is 0. The van der Waals surface area contributed by atoms with E-state index in [2.05, 4.69) is 18.2 Å². The lowest BCUT2D eigenvalue weighted by Gasteiger charge is -2.37. The van der Waals surface area contributed by atoms with Gasteiger partial charge < -0.3 is 5.11 Å². The highest BCUT2D eigenvalue weighted by molar-refractivity contribution is 5.83. The predicted octanol–water partition coefficient (Wildman–Crippen LogP) is 6.05. The van der Waals surface area contributed by atoms with E-state index in [4.69, 9.17) is 0 Å². The molecule has 25 heavy (non-hydrogen) atoms. The Labute approximate surface area is 150 Å². The smallest absolute Gasteiger partial charge is 0.123 e. The van der Waals surface area contributed by atoms with Crippen LogP contribution in [0.5, 0.6) is 0 Å². The van der Waals surface area contributed by atoms with Gasteiger partial charge in [0.15, 0.2) is 0 Å². The van der Waals surface area contributed by atoms with Gasteiger partial charge in [-0.2, -0.15) is 0 Å². The second-order valence-corrected chi connectivity index (χ2v) is 8.33. The summed E-state index contributed by atoms with van der Waals surface area (Å²) in [5.41, 5.74) is 1.39. The molecule has 0 saturated heterocycles. The molecule has 0 amide bonds. The second-order valence-electron chi connectivity index (χ2n) is 8.33. The molecule has 0 bridgehead atoms. The van der Waals surface area contributed by atoms with Gasteiger partial charge in [-0.3, -0.25) is 0 Å². The molecule has 2 aliphatic rings. The summed E-state index contributed by atoms with van der Waals surface area (Å²) in [6.45, 7) is 0.377. The van der Waals surface area contributed by atoms with Crippen LogP contribution in [0.15, 0.2) is 36.4 Å². The van der Waals surface area contributed by atoms with Gasteiger partial charge in [0.25, 0.3) is 0 Å². The molecule has 2 aliphatic carbocycles. The van der Waals surface area contributed by atoms with Crippen molar-refractivity contribution in [3.63, 3.8) is 0 Å². The summed E-state index contributed by atoms with van der Waals surface area (Å²) in [4.78, 5) is 0. The second kappa shape index (κ2) is 7.45. The van der Waals surface area contributed by atoms with Gasteiger partial charge in [0.1, 0.15) is 5.82 Å². The van der Waals surface area contributed by atoms with Gasteiger partial charge in [-0.05, 0) is 104 Å². The van der Waals surface area contributed by atoms with E-state index in [1.54, 1.807) is 12.1 Å². The molecule has 2 fully saturated rings. The maximum absolute atomic E-state index is 13.5. The number of halogens is 1. The normalized spacial score (nSPS) is 30.5. The van der Waals surface area contributed by atoms with Crippen molar-refractivity contribution >= 4 is 10.8 Å². The maximum Gasteiger partial charge on any atom is 0.123 e. The molecule has 0 spiro atoms. The molecule has 2 aromatic rings. The van der Waals surface area contributed by atoms with Crippen molar-refractivity contribution in [2.45, 2.75) is 57.3 Å². The largest absolute Gasteiger partial charge is 0.396 e. The first kappa shape index (κ1) is 17.0. The van der Waals surface area contributed by atoms with E-state index in [0.717, 1.165) is 22.6 Å². The number of rotatable bonds is 3. The molecule has 0 radical (unpaired) electrons. The SMILES string of the molecule is OCC1CCC(C2CCC(c3ccc4ccc(F)cc4c3)CC2)CC1. The van der Waals surface area contributed by atoms with Gasteiger partial charge in [-0.15, -0.1) is 0 Å². The standard InChI is InChI=1S/C23H29FO/c24-23-12-11-20-9-10-21(13-22(20)14-23)19-7-5-18(6-8-19)17-3-1-16(15-25)2-4-17/h9-14,16-19,25H,1-8,15H2. The van der Waals surface area contributed by atoms with E-state index in [9.17, 15) is 9.50 Å². The lowest BCUT2D eigenvalue weighted by molar-refractivity contribution is 0.124. The molecule has 134 valence electrons. The van der Waals surface area contributed by atoms with Crippen LogP contribution < -0.4 is 0 Å². The van der Waals surface area contributed by atoms with Crippen molar-refractivity contribution < 1.29 is 9.50 Å². The van der Waals surface area contributed by atoms with Crippen LogP contribution in [0.1, 0.15) is 62.8 Å². The third-order valence-corrected chi connectivity index (χ3v) is 6.89. The van der Waals surface area contributed by atoms with Gasteiger partial charge in [-0.1, -0.05) is 24.3 Å². The van der Waals surface area contributed by atoms with Crippen molar-refractivity contribution in [1.82, 2.24) is 0 Å². The Balaban J connectivity index is 1.38. The Kier molecular flexibility index (Phi) is 5.08. The fourth-order valence-electron chi connectivity index (χ4n) is 5.26. The Hall–Kier alpha value is -1.41. The highest BCUT2D eigenvalue weighted by Crippen LogP contribution is 2.44. The summed E-state index contributed by atoms with van der Waals surface area (Å²) in [6, 6.07) is 11.7. The van der Waals surface area contributed by atoms with Crippen LogP contribution in [0.3, 0.4) is 0 Å². The fraction of sp³-hybridized carbons (Fsp3) is 0.565. The molecule has 0 heterocycles. The molecular weight excluding hydrogens is 311 g/mol. The summed E-state index contributed by atoms with van der Waals surface area (Å²) in [7, 11) is 0. The van der Waals surface area contributed by atoms with Gasteiger partial charge in [-0.25, -0.2) is 4.39 Å². The lowest BCUT2D eigenvalue weighted by atomic mass is 9.68. The minimum atomic E-state index is -0.146. The predicted molar refractivity (Wildman–Crippen MR) is 101 cm³/mol. The fourth-order valence-corrected chi connectivity index (χ4v) is 5.26. The van der Waals surface area contributed by atoms with Crippen LogP contribution >= 0.6 is 0 Å². The lowest BCUT2D eigenvalue weighted by Crippen LogP contribution is -2.26. The first-order valence-electron chi connectivity index (χ1n) is 10.0. The Bertz CT molecular complexity index is 709. The maximum atomic E-state index is 13.5. The van der Waals surface area contributed by atoms with Crippen LogP contribution in [0.4, 0.5) is 4.39 Å². The Morgan fingerprint density at radius 3 is 2.08 bits per heavy atom. The van der Waals surface area contributed by atoms with E-state index in [1.165, 1.54) is 56.9 Å². The summed E-state index contributed by atoms with van der Waals surface area (Å²) in [5, 5.41) is 11.5. The van der Waals surface area contributed by atoms with E-state index in [0.29, 0.717) is 18.4 Å². The molecule has 0 atom stereocenters. The zero-order chi connectivity index (χ0) is 17.2. The topological polar surface area (TPSA) is 20.2 Å². The molecule has 2 saturated carbocycles. The quantitative estimate of drug-likeness (QED) is 0.721. The molecule has 0 aliphatic heterocycles. The number of fused-ring (bicyclic) bond motifs is 1. The van der Waals surface area contributed by atoms with Gasteiger partial charge >= 0.3 is 0 Å². The van der Waals surface area contributed by atoms with Gasteiger partial charge in [0, 0.05) is 6.61 Å². The van der Waals surface area contributed by atoms with Crippen molar-refractivity contribution in [3.05, 3.63) is 47.8 Å². The van der Waals surface area contributed by atoms with Crippen LogP contribution in [-0.2, 0) is 0 Å². The summed E-state index contributed by atoms with van der Waals surface area (Å²) in [5.74, 6) is 2.82. The third-order valence-electron chi connectivity index (χ3n) is 6.89. The van der Waals surface area contributed by atoms with Crippen LogP contribution in [0.25, 0.3) is 10.8 Å². The zero-order valence-corrected chi connectivity index (χ0v) is 15.0. The van der Waals surface area contributed by atoms with Crippen LogP contribution in [0.2, 0.25) is 0 Å². The highest BCUT2D eigenvalue weighted by atomic mass is 19.1. The van der Waals surface area contributed by atoms with E-state index in [1.807, 2.05) is 6.07 Å². The van der Waals surface area contributed by atoms with E-state index >= 15 is 0 Å². The number of hydrogen-bond donors (Lipinski definition) is 1. The number of benzene rings is 2. The van der Waals surface area contributed by atoms with Crippen LogP contribution in [0, 0.1) is 23.6 Å². The molecule has 2 heteroatoms. The van der Waals surface area contributed by atoms with Crippen LogP contribution in [-0.4, -0.2) is 11.7 Å². The molecule has 1 N–H and O–H groups in total. The number of hydrogen-bond acceptors (Lipinski definition) is 1. The monoisotopic (exact) mass is 340 g/mol. The summed E-state index contributed by atoms with van der Waals surface area (Å²) in [6.07, 6.45) is 10.3. The van der Waals surface area contributed by atoms with Crippen molar-refractivity contribution in [1.29, 1.82) is 0 Å². The number of aliphatic hydroxyl groups is 1. The molecule has 4 rings (SSSR count). The minimum Gasteiger partial charge on any atom is -0.396 e. The molecule has 0 aromatic heterocycles. The highest BCUT2D eigenvalue weighted by Gasteiger charge is 2.31. The van der Waals surface area contributed by atoms with Crippen molar-refractivity contribution in [2.24, 2.45) is 17.8 Å². The molecule has 0 unspecified atom stereocenters. The first-order chi connectivity index (χ1) is 12.2. The van der Waals surface area contributed by atoms with Crippen molar-refractivity contribution in [3.8, 4) is 0 Å². The number of aliphatic hydroxyl groups excluding tert-OH is 1. The molecule has 1 nitrogen and oxygen atoms in total. The molecule has 2 aromatic carbocycles. The Morgan fingerprint density at radius 1 is 0.760 bits per heavy atom. The average Bonchev–Trinajstić information content (AvgIpc) is 2.67. The minimum absolute atomic E-state index is 0.146. The van der Waals surface area contributed by atoms with E-state index < -0.39 is 0 Å². The van der Waals surface area contributed by atoms with Gasteiger partial charge in [0.05, 0.1) is 0 Å². The molecular formula is C23H29FO. The average molecular weight is 340 g/mol. The Morgan fingerprint density at radius 2 is 1.40 bits per heavy atom. The first-order valence-corrected chi connectivity index (χ1v) is 10.0. The van der Waals surface area contributed by atoms with E-state index in [-0.39, 0.29) is 5.82 Å².